The van der Waals surface area contributed by atoms with Crippen LogP contribution in [0.3, 0.4) is 0 Å². The van der Waals surface area contributed by atoms with Gasteiger partial charge in [-0.1, -0.05) is 6.07 Å². The number of benzene rings is 1. The Balaban J connectivity index is 1.53. The predicted octanol–water partition coefficient (Wildman–Crippen LogP) is 2.70. The van der Waals surface area contributed by atoms with Crippen molar-refractivity contribution >= 4 is 22.7 Å². The van der Waals surface area contributed by atoms with Gasteiger partial charge in [-0.25, -0.2) is 4.98 Å². The molecular formula is C20H20N4O2. The fourth-order valence-corrected chi connectivity index (χ4v) is 3.54. The highest BCUT2D eigenvalue weighted by molar-refractivity contribution is 5.99. The average Bonchev–Trinajstić information content (AvgIpc) is 3.08. The quantitative estimate of drug-likeness (QED) is 0.683. The number of ketones is 1. The van der Waals surface area contributed by atoms with E-state index >= 15 is 0 Å². The summed E-state index contributed by atoms with van der Waals surface area (Å²) in [5, 5.41) is 0. The van der Waals surface area contributed by atoms with E-state index in [1.165, 1.54) is 0 Å². The SMILES string of the molecule is Cn1cnc2cc(C(=O)N3CCCC(C(=O)c4ccccn4)C3)ccc21. The third kappa shape index (κ3) is 2.98. The maximum atomic E-state index is 12.9. The maximum Gasteiger partial charge on any atom is 0.253 e. The van der Waals surface area contributed by atoms with Gasteiger partial charge in [-0.2, -0.15) is 0 Å². The van der Waals surface area contributed by atoms with Gasteiger partial charge in [0, 0.05) is 37.8 Å². The van der Waals surface area contributed by atoms with Crippen molar-refractivity contribution in [2.24, 2.45) is 13.0 Å². The molecule has 1 aromatic carbocycles. The summed E-state index contributed by atoms with van der Waals surface area (Å²) in [5.41, 5.74) is 2.88. The standard InChI is InChI=1S/C20H20N4O2/c1-23-13-22-17-11-14(7-8-18(17)23)20(26)24-10-4-5-15(12-24)19(25)16-6-2-3-9-21-16/h2-3,6-9,11,13,15H,4-5,10,12H2,1H3. The molecule has 6 nitrogen and oxygen atoms in total. The lowest BCUT2D eigenvalue weighted by atomic mass is 9.91. The summed E-state index contributed by atoms with van der Waals surface area (Å²) in [6.07, 6.45) is 4.97. The molecule has 4 rings (SSSR count). The minimum absolute atomic E-state index is 0.0169. The van der Waals surface area contributed by atoms with E-state index < -0.39 is 0 Å². The molecule has 0 radical (unpaired) electrons. The lowest BCUT2D eigenvalue weighted by Gasteiger charge is -2.32. The topological polar surface area (TPSA) is 68.1 Å². The number of likely N-dealkylation sites (tertiary alicyclic amines) is 1. The van der Waals surface area contributed by atoms with Crippen molar-refractivity contribution < 1.29 is 9.59 Å². The Labute approximate surface area is 151 Å². The van der Waals surface area contributed by atoms with Crippen molar-refractivity contribution in [3.63, 3.8) is 0 Å². The number of piperidine rings is 1. The summed E-state index contributed by atoms with van der Waals surface area (Å²) < 4.78 is 1.92. The summed E-state index contributed by atoms with van der Waals surface area (Å²) in [6.45, 7) is 1.11. The van der Waals surface area contributed by atoms with E-state index in [0.29, 0.717) is 24.3 Å². The molecule has 1 aliphatic heterocycles. The van der Waals surface area contributed by atoms with Crippen LogP contribution in [0, 0.1) is 5.92 Å². The number of pyridine rings is 1. The largest absolute Gasteiger partial charge is 0.338 e. The van der Waals surface area contributed by atoms with E-state index in [0.717, 1.165) is 23.9 Å². The number of carbonyl (C=O) groups is 2. The Morgan fingerprint density at radius 2 is 2.04 bits per heavy atom. The second kappa shape index (κ2) is 6.71. The molecule has 1 atom stereocenters. The Morgan fingerprint density at radius 3 is 2.85 bits per heavy atom. The molecule has 2 aromatic heterocycles. The highest BCUT2D eigenvalue weighted by atomic mass is 16.2. The van der Waals surface area contributed by atoms with E-state index in [4.69, 9.17) is 0 Å². The number of carbonyl (C=O) groups excluding carboxylic acids is 2. The molecule has 0 aliphatic carbocycles. The molecule has 3 aromatic rings. The monoisotopic (exact) mass is 348 g/mol. The zero-order chi connectivity index (χ0) is 18.1. The summed E-state index contributed by atoms with van der Waals surface area (Å²) >= 11 is 0. The molecule has 132 valence electrons. The number of nitrogens with zero attached hydrogens (tertiary/aromatic N) is 4. The summed E-state index contributed by atoms with van der Waals surface area (Å²) in [6, 6.07) is 10.9. The molecule has 3 heterocycles. The molecule has 26 heavy (non-hydrogen) atoms. The molecule has 0 spiro atoms. The zero-order valence-corrected chi connectivity index (χ0v) is 14.6. The van der Waals surface area contributed by atoms with Gasteiger partial charge in [-0.15, -0.1) is 0 Å². The first-order valence-electron chi connectivity index (χ1n) is 8.79. The van der Waals surface area contributed by atoms with Crippen molar-refractivity contribution in [2.75, 3.05) is 13.1 Å². The van der Waals surface area contributed by atoms with Gasteiger partial charge in [0.1, 0.15) is 5.69 Å². The first-order chi connectivity index (χ1) is 12.6. The molecular weight excluding hydrogens is 328 g/mol. The first kappa shape index (κ1) is 16.4. The highest BCUT2D eigenvalue weighted by Gasteiger charge is 2.30. The van der Waals surface area contributed by atoms with Crippen LogP contribution in [0.5, 0.6) is 0 Å². The average molecular weight is 348 g/mol. The smallest absolute Gasteiger partial charge is 0.253 e. The van der Waals surface area contributed by atoms with Crippen LogP contribution >= 0.6 is 0 Å². The van der Waals surface area contributed by atoms with E-state index in [1.807, 2.05) is 35.9 Å². The number of aryl methyl sites for hydroxylation is 1. The van der Waals surface area contributed by atoms with E-state index in [2.05, 4.69) is 9.97 Å². The number of Topliss-reactive ketones (excluding diaryl/α,β-unsaturated/α-hetero) is 1. The van der Waals surface area contributed by atoms with Crippen molar-refractivity contribution in [3.8, 4) is 0 Å². The Bertz CT molecular complexity index is 964. The molecule has 0 bridgehead atoms. The summed E-state index contributed by atoms with van der Waals surface area (Å²) in [4.78, 5) is 35.8. The minimum atomic E-state index is -0.193. The predicted molar refractivity (Wildman–Crippen MR) is 97.9 cm³/mol. The lowest BCUT2D eigenvalue weighted by molar-refractivity contribution is 0.0635. The fraction of sp³-hybridized carbons (Fsp3) is 0.300. The number of fused-ring (bicyclic) bond motifs is 1. The van der Waals surface area contributed by atoms with Crippen molar-refractivity contribution in [2.45, 2.75) is 12.8 Å². The zero-order valence-electron chi connectivity index (χ0n) is 14.6. The van der Waals surface area contributed by atoms with Crippen LogP contribution < -0.4 is 0 Å². The molecule has 0 saturated carbocycles. The van der Waals surface area contributed by atoms with Crippen molar-refractivity contribution in [1.82, 2.24) is 19.4 Å². The van der Waals surface area contributed by atoms with Gasteiger partial charge in [0.2, 0.25) is 0 Å². The number of aromatic nitrogens is 3. The van der Waals surface area contributed by atoms with Gasteiger partial charge < -0.3 is 9.47 Å². The van der Waals surface area contributed by atoms with Crippen LogP contribution in [0.25, 0.3) is 11.0 Å². The van der Waals surface area contributed by atoms with Crippen LogP contribution in [-0.4, -0.2) is 44.2 Å². The molecule has 1 fully saturated rings. The molecule has 0 N–H and O–H groups in total. The van der Waals surface area contributed by atoms with Gasteiger partial charge in [-0.3, -0.25) is 14.6 Å². The third-order valence-electron chi connectivity index (χ3n) is 4.97. The first-order valence-corrected chi connectivity index (χ1v) is 8.79. The van der Waals surface area contributed by atoms with Gasteiger partial charge >= 0.3 is 0 Å². The lowest BCUT2D eigenvalue weighted by Crippen LogP contribution is -2.42. The van der Waals surface area contributed by atoms with Gasteiger partial charge in [0.15, 0.2) is 5.78 Å². The van der Waals surface area contributed by atoms with Gasteiger partial charge in [0.05, 0.1) is 17.4 Å². The number of hydrogen-bond acceptors (Lipinski definition) is 4. The minimum Gasteiger partial charge on any atom is -0.338 e. The fourth-order valence-electron chi connectivity index (χ4n) is 3.54. The molecule has 1 amide bonds. The molecule has 1 unspecified atom stereocenters. The number of hydrogen-bond donors (Lipinski definition) is 0. The van der Waals surface area contributed by atoms with E-state index in [9.17, 15) is 9.59 Å². The third-order valence-corrected chi connectivity index (χ3v) is 4.97. The van der Waals surface area contributed by atoms with Crippen LogP contribution in [0.4, 0.5) is 0 Å². The Kier molecular flexibility index (Phi) is 4.24. The highest BCUT2D eigenvalue weighted by Crippen LogP contribution is 2.23. The number of rotatable bonds is 3. The Morgan fingerprint density at radius 1 is 1.15 bits per heavy atom. The van der Waals surface area contributed by atoms with Crippen LogP contribution in [0.15, 0.2) is 48.9 Å². The van der Waals surface area contributed by atoms with Crippen molar-refractivity contribution in [1.29, 1.82) is 0 Å². The second-order valence-electron chi connectivity index (χ2n) is 6.73. The normalized spacial score (nSPS) is 17.4. The Hall–Kier alpha value is -3.02. The molecule has 1 saturated heterocycles. The van der Waals surface area contributed by atoms with Crippen LogP contribution in [0.1, 0.15) is 33.7 Å². The number of imidazole rings is 1. The summed E-state index contributed by atoms with van der Waals surface area (Å²) in [7, 11) is 1.93. The molecule has 1 aliphatic rings. The van der Waals surface area contributed by atoms with Gasteiger partial charge in [0.25, 0.3) is 5.91 Å². The maximum absolute atomic E-state index is 12.9. The summed E-state index contributed by atoms with van der Waals surface area (Å²) in [5.74, 6) is -0.222. The molecule has 6 heteroatoms. The van der Waals surface area contributed by atoms with Crippen LogP contribution in [-0.2, 0) is 7.05 Å². The van der Waals surface area contributed by atoms with E-state index in [1.54, 1.807) is 29.6 Å². The van der Waals surface area contributed by atoms with Crippen molar-refractivity contribution in [3.05, 3.63) is 60.2 Å². The second-order valence-corrected chi connectivity index (χ2v) is 6.73. The van der Waals surface area contributed by atoms with Crippen LogP contribution in [0.2, 0.25) is 0 Å². The van der Waals surface area contributed by atoms with E-state index in [-0.39, 0.29) is 17.6 Å². The van der Waals surface area contributed by atoms with Gasteiger partial charge in [-0.05, 0) is 43.2 Å². The number of amides is 1.